The van der Waals surface area contributed by atoms with Gasteiger partial charge >= 0.3 is 0 Å². The van der Waals surface area contributed by atoms with E-state index in [0.717, 1.165) is 18.3 Å². The third kappa shape index (κ3) is 3.70. The highest BCUT2D eigenvalue weighted by Crippen LogP contribution is 2.26. The normalized spacial score (nSPS) is 24.6. The number of hydrogen-bond donors (Lipinski definition) is 1. The van der Waals surface area contributed by atoms with Gasteiger partial charge in [-0.3, -0.25) is 0 Å². The van der Waals surface area contributed by atoms with Crippen LogP contribution in [0.1, 0.15) is 38.2 Å². The first kappa shape index (κ1) is 12.4. The Morgan fingerprint density at radius 1 is 1.41 bits per heavy atom. The topological polar surface area (TPSA) is 34.1 Å². The first-order chi connectivity index (χ1) is 8.28. The molecule has 1 saturated carbocycles. The number of hydrogen-bond acceptors (Lipinski definition) is 3. The van der Waals surface area contributed by atoms with Gasteiger partial charge in [-0.1, -0.05) is 19.4 Å². The molecule has 17 heavy (non-hydrogen) atoms. The van der Waals surface area contributed by atoms with Crippen molar-refractivity contribution >= 4 is 0 Å². The molecular formula is C14H22N2O. The molecule has 1 aliphatic carbocycles. The predicted molar refractivity (Wildman–Crippen MR) is 69.0 cm³/mol. The van der Waals surface area contributed by atoms with E-state index in [1.54, 1.807) is 0 Å². The molecule has 2 atom stereocenters. The lowest BCUT2D eigenvalue weighted by Crippen LogP contribution is -2.24. The monoisotopic (exact) mass is 234 g/mol. The second-order valence-electron chi connectivity index (χ2n) is 5.05. The lowest BCUT2D eigenvalue weighted by molar-refractivity contribution is 0.124. The van der Waals surface area contributed by atoms with Crippen LogP contribution in [0.15, 0.2) is 18.3 Å². The van der Waals surface area contributed by atoms with Gasteiger partial charge in [-0.05, 0) is 37.8 Å². The molecule has 1 aromatic rings. The second kappa shape index (κ2) is 6.01. The summed E-state index contributed by atoms with van der Waals surface area (Å²) in [5.74, 6) is 1.56. The van der Waals surface area contributed by atoms with E-state index in [1.807, 2.05) is 19.3 Å². The molecule has 1 heterocycles. The number of nitrogens with zero attached hydrogens (tertiary/aromatic N) is 1. The van der Waals surface area contributed by atoms with E-state index < -0.39 is 0 Å². The van der Waals surface area contributed by atoms with Crippen LogP contribution in [0.5, 0.6) is 5.88 Å². The largest absolute Gasteiger partial charge is 0.474 e. The van der Waals surface area contributed by atoms with Crippen molar-refractivity contribution in [2.24, 2.45) is 5.92 Å². The standard InChI is InChI=1S/C14H22N2O/c1-11-4-3-5-13(8-11)17-14-7-6-12(9-15-2)10-16-14/h6-7,10-11,13,15H,3-5,8-9H2,1-2H3. The maximum atomic E-state index is 5.93. The zero-order valence-electron chi connectivity index (χ0n) is 10.8. The summed E-state index contributed by atoms with van der Waals surface area (Å²) in [6, 6.07) is 4.05. The smallest absolute Gasteiger partial charge is 0.213 e. The van der Waals surface area contributed by atoms with E-state index in [9.17, 15) is 0 Å². The third-order valence-corrected chi connectivity index (χ3v) is 3.35. The van der Waals surface area contributed by atoms with Gasteiger partial charge in [0.05, 0.1) is 0 Å². The van der Waals surface area contributed by atoms with E-state index in [2.05, 4.69) is 23.3 Å². The summed E-state index contributed by atoms with van der Waals surface area (Å²) in [6.07, 6.45) is 7.21. The first-order valence-corrected chi connectivity index (χ1v) is 6.54. The minimum Gasteiger partial charge on any atom is -0.474 e. The molecule has 0 radical (unpaired) electrons. The van der Waals surface area contributed by atoms with Crippen molar-refractivity contribution in [3.05, 3.63) is 23.9 Å². The fourth-order valence-corrected chi connectivity index (χ4v) is 2.45. The number of pyridine rings is 1. The molecule has 0 bridgehead atoms. The Bertz CT molecular complexity index is 337. The lowest BCUT2D eigenvalue weighted by atomic mass is 9.89. The highest BCUT2D eigenvalue weighted by atomic mass is 16.5. The molecule has 0 spiro atoms. The van der Waals surface area contributed by atoms with Crippen molar-refractivity contribution in [2.45, 2.75) is 45.3 Å². The Morgan fingerprint density at radius 2 is 2.29 bits per heavy atom. The number of rotatable bonds is 4. The molecule has 1 aromatic heterocycles. The molecule has 3 nitrogen and oxygen atoms in total. The van der Waals surface area contributed by atoms with Crippen LogP contribution >= 0.6 is 0 Å². The SMILES string of the molecule is CNCc1ccc(OC2CCCC(C)C2)nc1. The van der Waals surface area contributed by atoms with Crippen LogP contribution in [0.2, 0.25) is 0 Å². The molecular weight excluding hydrogens is 212 g/mol. The van der Waals surface area contributed by atoms with E-state index in [1.165, 1.54) is 31.2 Å². The molecule has 3 heteroatoms. The number of ether oxygens (including phenoxy) is 1. The van der Waals surface area contributed by atoms with E-state index >= 15 is 0 Å². The van der Waals surface area contributed by atoms with Crippen LogP contribution in [0, 0.1) is 5.92 Å². The van der Waals surface area contributed by atoms with Gasteiger partial charge in [0.2, 0.25) is 5.88 Å². The summed E-state index contributed by atoms with van der Waals surface area (Å²) in [5, 5.41) is 3.11. The van der Waals surface area contributed by atoms with Gasteiger partial charge in [0, 0.05) is 18.8 Å². The van der Waals surface area contributed by atoms with Crippen molar-refractivity contribution < 1.29 is 4.74 Å². The average Bonchev–Trinajstić information content (AvgIpc) is 2.32. The van der Waals surface area contributed by atoms with E-state index in [-0.39, 0.29) is 0 Å². The molecule has 2 unspecified atom stereocenters. The molecule has 1 aliphatic rings. The van der Waals surface area contributed by atoms with Gasteiger partial charge in [0.15, 0.2) is 0 Å². The van der Waals surface area contributed by atoms with Crippen LogP contribution in [-0.2, 0) is 6.54 Å². The molecule has 0 saturated heterocycles. The van der Waals surface area contributed by atoms with Crippen LogP contribution in [0.4, 0.5) is 0 Å². The zero-order valence-corrected chi connectivity index (χ0v) is 10.8. The fraction of sp³-hybridized carbons (Fsp3) is 0.643. The average molecular weight is 234 g/mol. The van der Waals surface area contributed by atoms with Gasteiger partial charge < -0.3 is 10.1 Å². The van der Waals surface area contributed by atoms with Crippen LogP contribution < -0.4 is 10.1 Å². The number of aromatic nitrogens is 1. The Hall–Kier alpha value is -1.09. The Labute approximate surface area is 104 Å². The third-order valence-electron chi connectivity index (χ3n) is 3.35. The van der Waals surface area contributed by atoms with Gasteiger partial charge in [-0.15, -0.1) is 0 Å². The van der Waals surface area contributed by atoms with Crippen LogP contribution in [-0.4, -0.2) is 18.1 Å². The van der Waals surface area contributed by atoms with Gasteiger partial charge in [0.25, 0.3) is 0 Å². The minimum absolute atomic E-state index is 0.362. The van der Waals surface area contributed by atoms with Crippen molar-refractivity contribution in [2.75, 3.05) is 7.05 Å². The predicted octanol–water partition coefficient (Wildman–Crippen LogP) is 2.76. The van der Waals surface area contributed by atoms with Gasteiger partial charge in [0.1, 0.15) is 6.10 Å². The summed E-state index contributed by atoms with van der Waals surface area (Å²) < 4.78 is 5.93. The first-order valence-electron chi connectivity index (χ1n) is 6.54. The molecule has 2 rings (SSSR count). The summed E-state index contributed by atoms with van der Waals surface area (Å²) >= 11 is 0. The summed E-state index contributed by atoms with van der Waals surface area (Å²) in [6.45, 7) is 3.16. The molecule has 1 fully saturated rings. The quantitative estimate of drug-likeness (QED) is 0.870. The fourth-order valence-electron chi connectivity index (χ4n) is 2.45. The van der Waals surface area contributed by atoms with Crippen molar-refractivity contribution in [1.82, 2.24) is 10.3 Å². The highest BCUT2D eigenvalue weighted by molar-refractivity contribution is 5.17. The Balaban J connectivity index is 1.89. The zero-order chi connectivity index (χ0) is 12.1. The van der Waals surface area contributed by atoms with Crippen LogP contribution in [0.3, 0.4) is 0 Å². The Morgan fingerprint density at radius 3 is 2.94 bits per heavy atom. The van der Waals surface area contributed by atoms with Gasteiger partial charge in [-0.2, -0.15) is 0 Å². The molecule has 0 aromatic carbocycles. The summed E-state index contributed by atoms with van der Waals surface area (Å²) in [5.41, 5.74) is 1.19. The van der Waals surface area contributed by atoms with Crippen molar-refractivity contribution in [3.63, 3.8) is 0 Å². The molecule has 0 amide bonds. The maximum absolute atomic E-state index is 5.93. The summed E-state index contributed by atoms with van der Waals surface area (Å²) in [7, 11) is 1.94. The summed E-state index contributed by atoms with van der Waals surface area (Å²) in [4.78, 5) is 4.35. The number of nitrogens with one attached hydrogen (secondary N) is 1. The van der Waals surface area contributed by atoms with Crippen molar-refractivity contribution in [3.8, 4) is 5.88 Å². The maximum Gasteiger partial charge on any atom is 0.213 e. The lowest BCUT2D eigenvalue weighted by Gasteiger charge is -2.26. The minimum atomic E-state index is 0.362. The molecule has 94 valence electrons. The highest BCUT2D eigenvalue weighted by Gasteiger charge is 2.20. The van der Waals surface area contributed by atoms with E-state index in [0.29, 0.717) is 6.10 Å². The Kier molecular flexibility index (Phi) is 4.37. The van der Waals surface area contributed by atoms with Crippen molar-refractivity contribution in [1.29, 1.82) is 0 Å². The second-order valence-corrected chi connectivity index (χ2v) is 5.05. The van der Waals surface area contributed by atoms with E-state index in [4.69, 9.17) is 4.74 Å². The molecule has 0 aliphatic heterocycles. The van der Waals surface area contributed by atoms with Gasteiger partial charge in [-0.25, -0.2) is 4.98 Å². The van der Waals surface area contributed by atoms with Crippen LogP contribution in [0.25, 0.3) is 0 Å². The molecule has 1 N–H and O–H groups in total.